The fraction of sp³-hybridized carbons (Fsp3) is 0.0444. The third-order valence-corrected chi connectivity index (χ3v) is 10.8. The van der Waals surface area contributed by atoms with Crippen LogP contribution in [0.2, 0.25) is 0 Å². The van der Waals surface area contributed by atoms with Crippen molar-refractivity contribution in [3.63, 3.8) is 0 Å². The second kappa shape index (κ2) is 11.8. The molecule has 50 heavy (non-hydrogen) atoms. The van der Waals surface area contributed by atoms with Gasteiger partial charge < -0.3 is 4.42 Å². The molecule has 0 atom stereocenters. The predicted octanol–water partition coefficient (Wildman–Crippen LogP) is 12.5. The maximum Gasteiger partial charge on any atom is 0.164 e. The number of aromatic nitrogens is 3. The second-order valence-corrected chi connectivity index (χ2v) is 13.8. The van der Waals surface area contributed by atoms with E-state index in [2.05, 4.69) is 85.0 Å². The van der Waals surface area contributed by atoms with Crippen molar-refractivity contribution < 1.29 is 4.42 Å². The van der Waals surface area contributed by atoms with E-state index in [0.717, 1.165) is 57.2 Å². The molecule has 0 bridgehead atoms. The van der Waals surface area contributed by atoms with Crippen LogP contribution in [0.25, 0.3) is 93.0 Å². The Labute approximate surface area is 292 Å². The maximum atomic E-state index is 6.64. The molecule has 0 unspecified atom stereocenters. The summed E-state index contributed by atoms with van der Waals surface area (Å²) in [5.74, 6) is 1.98. The first-order valence-electron chi connectivity index (χ1n) is 16.9. The molecular formula is C45H29N3OS. The van der Waals surface area contributed by atoms with Gasteiger partial charge in [-0.2, -0.15) is 0 Å². The van der Waals surface area contributed by atoms with Crippen LogP contribution in [0.5, 0.6) is 0 Å². The van der Waals surface area contributed by atoms with Gasteiger partial charge in [-0.3, -0.25) is 0 Å². The largest absolute Gasteiger partial charge is 0.455 e. The summed E-state index contributed by atoms with van der Waals surface area (Å²) >= 11 is 1.80. The zero-order chi connectivity index (χ0) is 33.0. The summed E-state index contributed by atoms with van der Waals surface area (Å²) in [4.78, 5) is 14.8. The average molecular weight is 660 g/mol. The van der Waals surface area contributed by atoms with Crippen LogP contribution < -0.4 is 0 Å². The van der Waals surface area contributed by atoms with Crippen molar-refractivity contribution in [2.45, 2.75) is 12.8 Å². The topological polar surface area (TPSA) is 51.8 Å². The van der Waals surface area contributed by atoms with E-state index in [1.54, 1.807) is 11.3 Å². The van der Waals surface area contributed by atoms with E-state index in [4.69, 9.17) is 19.4 Å². The lowest BCUT2D eigenvalue weighted by Crippen LogP contribution is -1.99. The zero-order valence-electron chi connectivity index (χ0n) is 27.0. The lowest BCUT2D eigenvalue weighted by atomic mass is 9.91. The first-order valence-corrected chi connectivity index (χ1v) is 17.7. The van der Waals surface area contributed by atoms with Gasteiger partial charge >= 0.3 is 0 Å². The third kappa shape index (κ3) is 4.86. The zero-order valence-corrected chi connectivity index (χ0v) is 27.8. The molecule has 6 aromatic carbocycles. The van der Waals surface area contributed by atoms with Gasteiger partial charge in [0, 0.05) is 53.2 Å². The SMILES string of the molecule is C1=CCCC(c2ccc(-c3ccc4sc5cc(-c6nc(-c7ccccc7)nc(-c7ccccc7)n6)ccc5c4c3)c3oc4ccccc4c23)=C1. The maximum absolute atomic E-state index is 6.64. The number of thiophene rings is 1. The molecule has 0 fully saturated rings. The Morgan fingerprint density at radius 2 is 1.20 bits per heavy atom. The molecule has 9 aromatic rings. The standard InChI is InChI=1S/C45H29N3OS/c1-4-12-28(13-5-1)33-23-24-34(42-41(33)36-18-10-11-19-38(36)49-42)31-21-25-39-37(26-31)35-22-20-32(27-40(35)50-39)45-47-43(29-14-6-2-7-15-29)46-44(48-45)30-16-8-3-9-17-30/h1-4,6-12,14-27H,5,13H2. The number of benzene rings is 6. The highest BCUT2D eigenvalue weighted by atomic mass is 32.1. The molecule has 0 spiro atoms. The summed E-state index contributed by atoms with van der Waals surface area (Å²) in [6.07, 6.45) is 8.75. The summed E-state index contributed by atoms with van der Waals surface area (Å²) in [6.45, 7) is 0. The highest BCUT2D eigenvalue weighted by molar-refractivity contribution is 7.25. The van der Waals surface area contributed by atoms with Crippen LogP contribution in [0.4, 0.5) is 0 Å². The van der Waals surface area contributed by atoms with Gasteiger partial charge in [-0.25, -0.2) is 15.0 Å². The van der Waals surface area contributed by atoms with Gasteiger partial charge in [0.25, 0.3) is 0 Å². The molecule has 3 aromatic heterocycles. The van der Waals surface area contributed by atoms with Gasteiger partial charge in [0.2, 0.25) is 0 Å². The molecule has 0 saturated heterocycles. The Hall–Kier alpha value is -6.17. The van der Waals surface area contributed by atoms with Gasteiger partial charge in [0.15, 0.2) is 17.5 Å². The van der Waals surface area contributed by atoms with Crippen LogP contribution in [0, 0.1) is 0 Å². The van der Waals surface area contributed by atoms with E-state index in [0.29, 0.717) is 17.5 Å². The number of furan rings is 1. The second-order valence-electron chi connectivity index (χ2n) is 12.7. The van der Waals surface area contributed by atoms with Crippen molar-refractivity contribution in [3.8, 4) is 45.3 Å². The van der Waals surface area contributed by atoms with Crippen LogP contribution in [0.1, 0.15) is 18.4 Å². The predicted molar refractivity (Wildman–Crippen MR) is 208 cm³/mol. The van der Waals surface area contributed by atoms with E-state index in [1.165, 1.54) is 36.7 Å². The fourth-order valence-corrected chi connectivity index (χ4v) is 8.30. The highest BCUT2D eigenvalue weighted by Gasteiger charge is 2.20. The molecule has 3 heterocycles. The van der Waals surface area contributed by atoms with Gasteiger partial charge in [-0.05, 0) is 59.9 Å². The molecule has 1 aliphatic carbocycles. The molecule has 4 nitrogen and oxygen atoms in total. The van der Waals surface area contributed by atoms with Crippen LogP contribution in [0.15, 0.2) is 156 Å². The Balaban J connectivity index is 1.10. The Morgan fingerprint density at radius 1 is 0.520 bits per heavy atom. The van der Waals surface area contributed by atoms with Crippen molar-refractivity contribution in [2.75, 3.05) is 0 Å². The van der Waals surface area contributed by atoms with Crippen LogP contribution in [0.3, 0.4) is 0 Å². The molecule has 0 radical (unpaired) electrons. The number of para-hydroxylation sites is 1. The van der Waals surface area contributed by atoms with E-state index in [1.807, 2.05) is 66.7 Å². The summed E-state index contributed by atoms with van der Waals surface area (Å²) in [6, 6.07) is 46.5. The first kappa shape index (κ1) is 28.8. The average Bonchev–Trinajstić information content (AvgIpc) is 3.77. The summed E-state index contributed by atoms with van der Waals surface area (Å²) < 4.78 is 9.07. The number of hydrogen-bond donors (Lipinski definition) is 0. The highest BCUT2D eigenvalue weighted by Crippen LogP contribution is 2.44. The van der Waals surface area contributed by atoms with Gasteiger partial charge in [0.05, 0.1) is 0 Å². The van der Waals surface area contributed by atoms with E-state index in [9.17, 15) is 0 Å². The number of nitrogens with zero attached hydrogens (tertiary/aromatic N) is 3. The molecule has 236 valence electrons. The molecule has 0 aliphatic heterocycles. The van der Waals surface area contributed by atoms with Gasteiger partial charge in [-0.15, -0.1) is 11.3 Å². The molecule has 10 rings (SSSR count). The van der Waals surface area contributed by atoms with Gasteiger partial charge in [0.1, 0.15) is 11.2 Å². The van der Waals surface area contributed by atoms with Crippen LogP contribution >= 0.6 is 11.3 Å². The van der Waals surface area contributed by atoms with E-state index >= 15 is 0 Å². The van der Waals surface area contributed by atoms with Crippen molar-refractivity contribution >= 4 is 59.0 Å². The minimum atomic E-state index is 0.661. The minimum absolute atomic E-state index is 0.661. The van der Waals surface area contributed by atoms with Crippen molar-refractivity contribution in [1.29, 1.82) is 0 Å². The first-order chi connectivity index (χ1) is 24.8. The smallest absolute Gasteiger partial charge is 0.164 e. The third-order valence-electron chi connectivity index (χ3n) is 9.63. The van der Waals surface area contributed by atoms with Crippen LogP contribution in [-0.4, -0.2) is 15.0 Å². The quantitative estimate of drug-likeness (QED) is 0.184. The summed E-state index contributed by atoms with van der Waals surface area (Å²) in [5, 5.41) is 4.80. The van der Waals surface area contributed by atoms with Crippen molar-refractivity contribution in [3.05, 3.63) is 157 Å². The lowest BCUT2D eigenvalue weighted by molar-refractivity contribution is 0.670. The van der Waals surface area contributed by atoms with Crippen LogP contribution in [-0.2, 0) is 0 Å². The molecule has 0 N–H and O–H groups in total. The van der Waals surface area contributed by atoms with Gasteiger partial charge in [-0.1, -0.05) is 121 Å². The monoisotopic (exact) mass is 659 g/mol. The number of allylic oxidation sites excluding steroid dienone is 4. The van der Waals surface area contributed by atoms with E-state index < -0.39 is 0 Å². The molecule has 5 heteroatoms. The Kier molecular flexibility index (Phi) is 6.78. The number of rotatable bonds is 5. The Bertz CT molecular complexity index is 2750. The molecular weight excluding hydrogens is 631 g/mol. The molecule has 0 saturated carbocycles. The number of hydrogen-bond acceptors (Lipinski definition) is 5. The Morgan fingerprint density at radius 3 is 1.94 bits per heavy atom. The van der Waals surface area contributed by atoms with Crippen molar-refractivity contribution in [2.24, 2.45) is 0 Å². The van der Waals surface area contributed by atoms with E-state index in [-0.39, 0.29) is 0 Å². The summed E-state index contributed by atoms with van der Waals surface area (Å²) in [7, 11) is 0. The molecule has 1 aliphatic rings. The lowest BCUT2D eigenvalue weighted by Gasteiger charge is -2.13. The van der Waals surface area contributed by atoms with Crippen molar-refractivity contribution in [1.82, 2.24) is 15.0 Å². The minimum Gasteiger partial charge on any atom is -0.455 e. The normalized spacial score (nSPS) is 13.1. The summed E-state index contributed by atoms with van der Waals surface area (Å²) in [5.41, 5.74) is 9.62. The molecule has 0 amide bonds. The number of fused-ring (bicyclic) bond motifs is 6. The fourth-order valence-electron chi connectivity index (χ4n) is 7.17.